The molecule has 1 aromatic heterocycles. The molecule has 0 saturated carbocycles. The Labute approximate surface area is 122 Å². The molecule has 0 saturated heterocycles. The molecule has 0 radical (unpaired) electrons. The summed E-state index contributed by atoms with van der Waals surface area (Å²) in [4.78, 5) is 15.8. The Hall–Kier alpha value is -2.56. The van der Waals surface area contributed by atoms with E-state index in [2.05, 4.69) is 4.98 Å². The summed E-state index contributed by atoms with van der Waals surface area (Å²) in [6.45, 7) is 0. The Morgan fingerprint density at radius 3 is 2.71 bits per heavy atom. The van der Waals surface area contributed by atoms with E-state index in [4.69, 9.17) is 14.2 Å². The van der Waals surface area contributed by atoms with E-state index in [0.29, 0.717) is 22.9 Å². The first-order valence-electron chi connectivity index (χ1n) is 6.63. The molecule has 5 nitrogen and oxygen atoms in total. The fraction of sp³-hybridized carbons (Fsp3) is 0.250. The van der Waals surface area contributed by atoms with E-state index in [1.165, 1.54) is 7.11 Å². The SMILES string of the molecule is COC(=O)c1ccc2c(c1)Oc1cnc(OC)cc1CC2. The van der Waals surface area contributed by atoms with Crippen molar-refractivity contribution < 1.29 is 19.0 Å². The van der Waals surface area contributed by atoms with Crippen molar-refractivity contribution in [1.82, 2.24) is 4.98 Å². The van der Waals surface area contributed by atoms with Gasteiger partial charge in [-0.25, -0.2) is 9.78 Å². The van der Waals surface area contributed by atoms with E-state index < -0.39 is 0 Å². The van der Waals surface area contributed by atoms with Crippen molar-refractivity contribution >= 4 is 5.97 Å². The molecule has 2 aromatic rings. The summed E-state index contributed by atoms with van der Waals surface area (Å²) in [5, 5.41) is 0. The first-order chi connectivity index (χ1) is 10.2. The van der Waals surface area contributed by atoms with Crippen LogP contribution in [-0.2, 0) is 17.6 Å². The van der Waals surface area contributed by atoms with Crippen LogP contribution < -0.4 is 9.47 Å². The minimum Gasteiger partial charge on any atom is -0.481 e. The van der Waals surface area contributed by atoms with Crippen molar-refractivity contribution in [3.8, 4) is 17.4 Å². The number of aryl methyl sites for hydroxylation is 2. The summed E-state index contributed by atoms with van der Waals surface area (Å²) in [5.41, 5.74) is 2.57. The molecule has 0 unspecified atom stereocenters. The van der Waals surface area contributed by atoms with E-state index in [0.717, 1.165) is 24.0 Å². The van der Waals surface area contributed by atoms with Gasteiger partial charge in [0, 0.05) is 11.6 Å². The number of carbonyl (C=O) groups is 1. The minimum absolute atomic E-state index is 0.376. The lowest BCUT2D eigenvalue weighted by Crippen LogP contribution is -2.02. The number of methoxy groups -OCH3 is 2. The zero-order valence-corrected chi connectivity index (χ0v) is 11.9. The molecule has 0 amide bonds. The molecule has 1 aliphatic rings. The second-order valence-corrected chi connectivity index (χ2v) is 4.75. The van der Waals surface area contributed by atoms with Crippen LogP contribution in [0.1, 0.15) is 21.5 Å². The van der Waals surface area contributed by atoms with Gasteiger partial charge in [-0.05, 0) is 30.5 Å². The van der Waals surface area contributed by atoms with Gasteiger partial charge in [-0.3, -0.25) is 0 Å². The van der Waals surface area contributed by atoms with Gasteiger partial charge in [0.1, 0.15) is 11.5 Å². The number of pyridine rings is 1. The van der Waals surface area contributed by atoms with E-state index in [1.54, 1.807) is 25.4 Å². The van der Waals surface area contributed by atoms with Gasteiger partial charge in [-0.15, -0.1) is 0 Å². The van der Waals surface area contributed by atoms with Crippen molar-refractivity contribution in [3.63, 3.8) is 0 Å². The van der Waals surface area contributed by atoms with E-state index in [-0.39, 0.29) is 5.97 Å². The number of rotatable bonds is 2. The Kier molecular flexibility index (Phi) is 3.48. The largest absolute Gasteiger partial charge is 0.481 e. The summed E-state index contributed by atoms with van der Waals surface area (Å²) in [7, 11) is 2.95. The number of ether oxygens (including phenoxy) is 3. The molecule has 108 valence electrons. The van der Waals surface area contributed by atoms with Crippen molar-refractivity contribution in [1.29, 1.82) is 0 Å². The molecule has 0 spiro atoms. The third-order valence-electron chi connectivity index (χ3n) is 3.50. The van der Waals surface area contributed by atoms with Crippen LogP contribution in [0, 0.1) is 0 Å². The summed E-state index contributed by atoms with van der Waals surface area (Å²) < 4.78 is 15.8. The lowest BCUT2D eigenvalue weighted by Gasteiger charge is -2.10. The number of fused-ring (bicyclic) bond motifs is 2. The highest BCUT2D eigenvalue weighted by molar-refractivity contribution is 5.90. The second kappa shape index (κ2) is 5.44. The number of benzene rings is 1. The van der Waals surface area contributed by atoms with Gasteiger partial charge in [0.05, 0.1) is 26.0 Å². The van der Waals surface area contributed by atoms with Crippen LogP contribution in [0.15, 0.2) is 30.5 Å². The third-order valence-corrected chi connectivity index (χ3v) is 3.50. The first kappa shape index (κ1) is 13.4. The van der Waals surface area contributed by atoms with Gasteiger partial charge in [-0.1, -0.05) is 6.07 Å². The maximum absolute atomic E-state index is 11.6. The predicted octanol–water partition coefficient (Wildman–Crippen LogP) is 2.77. The van der Waals surface area contributed by atoms with Crippen molar-refractivity contribution in [2.45, 2.75) is 12.8 Å². The van der Waals surface area contributed by atoms with Crippen molar-refractivity contribution in [2.75, 3.05) is 14.2 Å². The van der Waals surface area contributed by atoms with Gasteiger partial charge in [-0.2, -0.15) is 0 Å². The first-order valence-corrected chi connectivity index (χ1v) is 6.63. The van der Waals surface area contributed by atoms with Crippen LogP contribution in [0.4, 0.5) is 0 Å². The molecular weight excluding hydrogens is 270 g/mol. The second-order valence-electron chi connectivity index (χ2n) is 4.75. The fourth-order valence-corrected chi connectivity index (χ4v) is 2.35. The summed E-state index contributed by atoms with van der Waals surface area (Å²) in [6, 6.07) is 7.24. The van der Waals surface area contributed by atoms with Gasteiger partial charge < -0.3 is 14.2 Å². The van der Waals surface area contributed by atoms with Gasteiger partial charge in [0.15, 0.2) is 0 Å². The Balaban J connectivity index is 1.99. The van der Waals surface area contributed by atoms with Crippen LogP contribution in [0.3, 0.4) is 0 Å². The van der Waals surface area contributed by atoms with Crippen LogP contribution >= 0.6 is 0 Å². The molecule has 0 bridgehead atoms. The third kappa shape index (κ3) is 2.54. The molecule has 3 rings (SSSR count). The zero-order valence-electron chi connectivity index (χ0n) is 11.9. The van der Waals surface area contributed by atoms with Gasteiger partial charge in [0.2, 0.25) is 5.88 Å². The monoisotopic (exact) mass is 285 g/mol. The molecule has 5 heteroatoms. The maximum Gasteiger partial charge on any atom is 0.337 e. The van der Waals surface area contributed by atoms with Crippen LogP contribution in [0.5, 0.6) is 17.4 Å². The average molecular weight is 285 g/mol. The molecule has 1 aromatic carbocycles. The lowest BCUT2D eigenvalue weighted by atomic mass is 10.0. The number of hydrogen-bond acceptors (Lipinski definition) is 5. The molecule has 0 N–H and O–H groups in total. The number of hydrogen-bond donors (Lipinski definition) is 0. The average Bonchev–Trinajstić information content (AvgIpc) is 2.71. The summed E-state index contributed by atoms with van der Waals surface area (Å²) in [5.74, 6) is 1.55. The highest BCUT2D eigenvalue weighted by atomic mass is 16.5. The van der Waals surface area contributed by atoms with Crippen molar-refractivity contribution in [3.05, 3.63) is 47.2 Å². The normalized spacial score (nSPS) is 12.5. The molecule has 0 atom stereocenters. The molecular formula is C16H15NO4. The molecule has 1 aliphatic heterocycles. The fourth-order valence-electron chi connectivity index (χ4n) is 2.35. The van der Waals surface area contributed by atoms with E-state index >= 15 is 0 Å². The molecule has 0 aliphatic carbocycles. The van der Waals surface area contributed by atoms with Gasteiger partial charge >= 0.3 is 5.97 Å². The standard InChI is InChI=1S/C16H15NO4/c1-19-15-8-11-5-3-10-4-6-12(16(18)20-2)7-13(10)21-14(11)9-17-15/h4,6-9H,3,5H2,1-2H3. The quantitative estimate of drug-likeness (QED) is 0.794. The maximum atomic E-state index is 11.6. The van der Waals surface area contributed by atoms with Crippen molar-refractivity contribution in [2.24, 2.45) is 0 Å². The van der Waals surface area contributed by atoms with Crippen LogP contribution in [0.2, 0.25) is 0 Å². The predicted molar refractivity (Wildman–Crippen MR) is 76.1 cm³/mol. The topological polar surface area (TPSA) is 57.7 Å². The lowest BCUT2D eigenvalue weighted by molar-refractivity contribution is 0.0600. The Morgan fingerprint density at radius 1 is 1.14 bits per heavy atom. The molecule has 0 fully saturated rings. The zero-order chi connectivity index (χ0) is 14.8. The highest BCUT2D eigenvalue weighted by Crippen LogP contribution is 2.35. The summed E-state index contributed by atoms with van der Waals surface area (Å²) >= 11 is 0. The minimum atomic E-state index is -0.376. The molecule has 2 heterocycles. The number of esters is 1. The Bertz CT molecular complexity index is 697. The van der Waals surface area contributed by atoms with E-state index in [9.17, 15) is 4.79 Å². The van der Waals surface area contributed by atoms with E-state index in [1.807, 2.05) is 12.1 Å². The number of nitrogens with zero attached hydrogens (tertiary/aromatic N) is 1. The Morgan fingerprint density at radius 2 is 1.95 bits per heavy atom. The summed E-state index contributed by atoms with van der Waals surface area (Å²) in [6.07, 6.45) is 3.31. The van der Waals surface area contributed by atoms with Crippen LogP contribution in [0.25, 0.3) is 0 Å². The number of carbonyl (C=O) groups excluding carboxylic acids is 1. The van der Waals surface area contributed by atoms with Crippen LogP contribution in [-0.4, -0.2) is 25.2 Å². The van der Waals surface area contributed by atoms with Gasteiger partial charge in [0.25, 0.3) is 0 Å². The molecule has 21 heavy (non-hydrogen) atoms. The number of aromatic nitrogens is 1. The highest BCUT2D eigenvalue weighted by Gasteiger charge is 2.18. The smallest absolute Gasteiger partial charge is 0.337 e.